The van der Waals surface area contributed by atoms with Crippen molar-refractivity contribution in [2.24, 2.45) is 0 Å². The van der Waals surface area contributed by atoms with Gasteiger partial charge in [-0.1, -0.05) is 0 Å². The molecule has 124 valence electrons. The zero-order valence-electron chi connectivity index (χ0n) is 13.7. The first-order chi connectivity index (χ1) is 10.8. The summed E-state index contributed by atoms with van der Waals surface area (Å²) < 4.78 is 6.21. The maximum atomic E-state index is 12.2. The molecular weight excluding hydrogens is 360 g/mol. The number of carbonyl (C=O) groups excluding carboxylic acids is 1. The van der Waals surface area contributed by atoms with Crippen molar-refractivity contribution in [2.75, 3.05) is 31.1 Å². The second kappa shape index (κ2) is 7.18. The lowest BCUT2D eigenvalue weighted by Gasteiger charge is -2.26. The van der Waals surface area contributed by atoms with Crippen molar-refractivity contribution in [3.05, 3.63) is 22.3 Å². The Morgan fingerprint density at radius 1 is 1.35 bits per heavy atom. The molecule has 0 spiro atoms. The summed E-state index contributed by atoms with van der Waals surface area (Å²) in [5.74, 6) is 0.668. The van der Waals surface area contributed by atoms with E-state index in [9.17, 15) is 10.1 Å². The molecule has 0 N–H and O–H groups in total. The standard InChI is InChI=1S/C16H21BrN4O2/c1-16(2,3)23-15(22)21-6-4-5-20(7-8-21)14-12(10-18)9-13(17)11-19-14/h9,11H,4-8H2,1-3H3. The van der Waals surface area contributed by atoms with Crippen molar-refractivity contribution in [2.45, 2.75) is 32.8 Å². The molecule has 1 amide bonds. The summed E-state index contributed by atoms with van der Waals surface area (Å²) >= 11 is 3.33. The molecule has 1 aromatic rings. The van der Waals surface area contributed by atoms with Crippen molar-refractivity contribution < 1.29 is 9.53 Å². The number of anilines is 1. The third-order valence-electron chi connectivity index (χ3n) is 3.40. The van der Waals surface area contributed by atoms with Gasteiger partial charge in [0.15, 0.2) is 0 Å². The maximum absolute atomic E-state index is 12.2. The molecule has 1 fully saturated rings. The minimum atomic E-state index is -0.496. The number of nitrogens with zero attached hydrogens (tertiary/aromatic N) is 4. The average Bonchev–Trinajstić information content (AvgIpc) is 2.71. The van der Waals surface area contributed by atoms with Gasteiger partial charge < -0.3 is 14.5 Å². The number of aromatic nitrogens is 1. The predicted molar refractivity (Wildman–Crippen MR) is 91.3 cm³/mol. The molecule has 2 rings (SSSR count). The summed E-state index contributed by atoms with van der Waals surface area (Å²) in [5.41, 5.74) is 0.0368. The fourth-order valence-corrected chi connectivity index (χ4v) is 2.74. The van der Waals surface area contributed by atoms with Crippen LogP contribution in [0.1, 0.15) is 32.8 Å². The average molecular weight is 381 g/mol. The van der Waals surface area contributed by atoms with Gasteiger partial charge in [0.25, 0.3) is 0 Å². The molecule has 0 radical (unpaired) electrons. The quantitative estimate of drug-likeness (QED) is 0.748. The summed E-state index contributed by atoms with van der Waals surface area (Å²) in [6.45, 7) is 8.16. The van der Waals surface area contributed by atoms with Crippen LogP contribution in [0.25, 0.3) is 0 Å². The third kappa shape index (κ3) is 4.83. The Morgan fingerprint density at radius 2 is 2.09 bits per heavy atom. The molecule has 7 heteroatoms. The Bertz CT molecular complexity index is 621. The summed E-state index contributed by atoms with van der Waals surface area (Å²) in [7, 11) is 0. The van der Waals surface area contributed by atoms with E-state index in [-0.39, 0.29) is 6.09 Å². The normalized spacial score (nSPS) is 15.8. The Kier molecular flexibility index (Phi) is 5.47. The highest BCUT2D eigenvalue weighted by Crippen LogP contribution is 2.22. The lowest BCUT2D eigenvalue weighted by Crippen LogP contribution is -2.39. The van der Waals surface area contributed by atoms with Crippen LogP contribution in [0.5, 0.6) is 0 Å². The molecule has 0 saturated carbocycles. The van der Waals surface area contributed by atoms with Crippen LogP contribution in [0.3, 0.4) is 0 Å². The number of nitriles is 1. The van der Waals surface area contributed by atoms with Gasteiger partial charge in [-0.2, -0.15) is 5.26 Å². The van der Waals surface area contributed by atoms with Crippen LogP contribution in [0.2, 0.25) is 0 Å². The van der Waals surface area contributed by atoms with Gasteiger partial charge in [-0.3, -0.25) is 0 Å². The van der Waals surface area contributed by atoms with Gasteiger partial charge >= 0.3 is 6.09 Å². The summed E-state index contributed by atoms with van der Waals surface area (Å²) in [5, 5.41) is 9.29. The highest BCUT2D eigenvalue weighted by molar-refractivity contribution is 9.10. The van der Waals surface area contributed by atoms with E-state index in [1.54, 1.807) is 17.2 Å². The molecule has 0 unspecified atom stereocenters. The van der Waals surface area contributed by atoms with Crippen molar-refractivity contribution >= 4 is 27.8 Å². The SMILES string of the molecule is CC(C)(C)OC(=O)N1CCCN(c2ncc(Br)cc2C#N)CC1. The van der Waals surface area contributed by atoms with Crippen LogP contribution in [-0.2, 0) is 4.74 Å². The number of pyridine rings is 1. The molecule has 0 bridgehead atoms. The van der Waals surface area contributed by atoms with Gasteiger partial charge in [-0.25, -0.2) is 9.78 Å². The van der Waals surface area contributed by atoms with Gasteiger partial charge in [0.1, 0.15) is 17.5 Å². The van der Waals surface area contributed by atoms with Crippen molar-refractivity contribution in [1.82, 2.24) is 9.88 Å². The molecule has 1 aliphatic heterocycles. The Balaban J connectivity index is 2.07. The van der Waals surface area contributed by atoms with E-state index >= 15 is 0 Å². The lowest BCUT2D eigenvalue weighted by atomic mass is 10.2. The van der Waals surface area contributed by atoms with Crippen molar-refractivity contribution in [3.63, 3.8) is 0 Å². The Morgan fingerprint density at radius 3 is 2.74 bits per heavy atom. The highest BCUT2D eigenvalue weighted by Gasteiger charge is 2.25. The summed E-state index contributed by atoms with van der Waals surface area (Å²) in [4.78, 5) is 20.3. The van der Waals surface area contributed by atoms with E-state index in [2.05, 4.69) is 31.9 Å². The minimum Gasteiger partial charge on any atom is -0.444 e. The smallest absolute Gasteiger partial charge is 0.410 e. The first-order valence-electron chi connectivity index (χ1n) is 7.58. The molecule has 6 nitrogen and oxygen atoms in total. The molecule has 0 aromatic carbocycles. The Labute approximate surface area is 145 Å². The van der Waals surface area contributed by atoms with E-state index in [4.69, 9.17) is 4.74 Å². The molecule has 1 saturated heterocycles. The number of carbonyl (C=O) groups is 1. The molecule has 0 aliphatic carbocycles. The van der Waals surface area contributed by atoms with Crippen LogP contribution in [0.4, 0.5) is 10.6 Å². The van der Waals surface area contributed by atoms with Gasteiger partial charge in [-0.05, 0) is 49.2 Å². The van der Waals surface area contributed by atoms with Crippen LogP contribution < -0.4 is 4.90 Å². The van der Waals surface area contributed by atoms with Gasteiger partial charge in [0.2, 0.25) is 0 Å². The van der Waals surface area contributed by atoms with Crippen LogP contribution in [0.15, 0.2) is 16.7 Å². The minimum absolute atomic E-state index is 0.288. The number of hydrogen-bond acceptors (Lipinski definition) is 5. The van der Waals surface area contributed by atoms with Gasteiger partial charge in [0, 0.05) is 36.8 Å². The fourth-order valence-electron chi connectivity index (χ4n) is 2.40. The second-order valence-corrected chi connectivity index (χ2v) is 7.36. The van der Waals surface area contributed by atoms with E-state index < -0.39 is 5.60 Å². The first kappa shape index (κ1) is 17.5. The monoisotopic (exact) mass is 380 g/mol. The van der Waals surface area contributed by atoms with Crippen LogP contribution >= 0.6 is 15.9 Å². The highest BCUT2D eigenvalue weighted by atomic mass is 79.9. The summed E-state index contributed by atoms with van der Waals surface area (Å²) in [6.07, 6.45) is 2.21. The lowest BCUT2D eigenvalue weighted by molar-refractivity contribution is 0.0263. The third-order valence-corrected chi connectivity index (χ3v) is 3.83. The predicted octanol–water partition coefficient (Wildman–Crippen LogP) is 3.16. The second-order valence-electron chi connectivity index (χ2n) is 6.44. The molecular formula is C16H21BrN4O2. The molecule has 0 atom stereocenters. The fraction of sp³-hybridized carbons (Fsp3) is 0.562. The van der Waals surface area contributed by atoms with Gasteiger partial charge in [-0.15, -0.1) is 0 Å². The molecule has 23 heavy (non-hydrogen) atoms. The number of amides is 1. The van der Waals surface area contributed by atoms with E-state index in [0.29, 0.717) is 31.0 Å². The van der Waals surface area contributed by atoms with E-state index in [1.807, 2.05) is 20.8 Å². The van der Waals surface area contributed by atoms with Crippen molar-refractivity contribution in [1.29, 1.82) is 5.26 Å². The van der Waals surface area contributed by atoms with E-state index in [0.717, 1.165) is 17.4 Å². The number of hydrogen-bond donors (Lipinski definition) is 0. The van der Waals surface area contributed by atoms with Crippen molar-refractivity contribution in [3.8, 4) is 6.07 Å². The van der Waals surface area contributed by atoms with Crippen LogP contribution in [0, 0.1) is 11.3 Å². The number of ether oxygens (including phenoxy) is 1. The summed E-state index contributed by atoms with van der Waals surface area (Å²) in [6, 6.07) is 3.94. The topological polar surface area (TPSA) is 69.5 Å². The molecule has 2 heterocycles. The first-order valence-corrected chi connectivity index (χ1v) is 8.38. The van der Waals surface area contributed by atoms with Crippen LogP contribution in [-0.4, -0.2) is 47.8 Å². The number of rotatable bonds is 1. The largest absolute Gasteiger partial charge is 0.444 e. The Hall–Kier alpha value is -1.81. The van der Waals surface area contributed by atoms with E-state index in [1.165, 1.54) is 0 Å². The maximum Gasteiger partial charge on any atom is 0.410 e. The number of halogens is 1. The molecule has 1 aliphatic rings. The van der Waals surface area contributed by atoms with Gasteiger partial charge in [0.05, 0.1) is 5.56 Å². The molecule has 1 aromatic heterocycles. The zero-order chi connectivity index (χ0) is 17.0. The zero-order valence-corrected chi connectivity index (χ0v) is 15.3.